The van der Waals surface area contributed by atoms with Crippen molar-refractivity contribution in [3.63, 3.8) is 0 Å². The van der Waals surface area contributed by atoms with Gasteiger partial charge in [-0.1, -0.05) is 6.58 Å². The van der Waals surface area contributed by atoms with Crippen molar-refractivity contribution in [2.75, 3.05) is 13.3 Å². The van der Waals surface area contributed by atoms with Crippen LogP contribution in [0.2, 0.25) is 0 Å². The minimum absolute atomic E-state index is 0.140. The van der Waals surface area contributed by atoms with Crippen molar-refractivity contribution in [1.29, 1.82) is 0 Å². The number of carbonyl (C=O) groups excluding carboxylic acids is 1. The molecule has 0 saturated carbocycles. The predicted octanol–water partition coefficient (Wildman–Crippen LogP) is 1.08. The van der Waals surface area contributed by atoms with E-state index in [1.54, 1.807) is 0 Å². The Labute approximate surface area is 53.3 Å². The maximum atomic E-state index is 11.3. The summed E-state index contributed by atoms with van der Waals surface area (Å²) in [5, 5.41) is 0. The van der Waals surface area contributed by atoms with E-state index in [9.17, 15) is 9.18 Å². The highest BCUT2D eigenvalue weighted by atomic mass is 19.1. The molecule has 0 aromatic carbocycles. The second-order valence-electron chi connectivity index (χ2n) is 1.41. The standard InChI is InChI=1S/C6H9FO2/c1-2-6(8)9-5-3-4-7/h2H,1,3-5H2. The Morgan fingerprint density at radius 3 is 2.89 bits per heavy atom. The van der Waals surface area contributed by atoms with E-state index < -0.39 is 12.6 Å². The molecule has 0 N–H and O–H groups in total. The molecular weight excluding hydrogens is 123 g/mol. The first-order chi connectivity index (χ1) is 4.31. The number of rotatable bonds is 4. The van der Waals surface area contributed by atoms with Gasteiger partial charge >= 0.3 is 5.97 Å². The first kappa shape index (κ1) is 8.14. The SMILES string of the molecule is C=CC(=O)OCCCF. The summed E-state index contributed by atoms with van der Waals surface area (Å²) < 4.78 is 15.8. The van der Waals surface area contributed by atoms with Gasteiger partial charge in [-0.25, -0.2) is 4.79 Å². The number of carbonyl (C=O) groups is 1. The summed E-state index contributed by atoms with van der Waals surface area (Å²) in [4.78, 5) is 10.2. The van der Waals surface area contributed by atoms with Crippen molar-refractivity contribution < 1.29 is 13.9 Å². The van der Waals surface area contributed by atoms with E-state index >= 15 is 0 Å². The lowest BCUT2D eigenvalue weighted by atomic mass is 10.5. The molecule has 0 aliphatic rings. The minimum Gasteiger partial charge on any atom is -0.462 e. The van der Waals surface area contributed by atoms with Crippen LogP contribution in [0.5, 0.6) is 0 Å². The van der Waals surface area contributed by atoms with Crippen molar-refractivity contribution in [3.05, 3.63) is 12.7 Å². The minimum atomic E-state index is -0.497. The van der Waals surface area contributed by atoms with Crippen molar-refractivity contribution in [2.24, 2.45) is 0 Å². The summed E-state index contributed by atoms with van der Waals surface area (Å²) in [7, 11) is 0. The molecule has 3 heteroatoms. The van der Waals surface area contributed by atoms with E-state index in [2.05, 4.69) is 11.3 Å². The van der Waals surface area contributed by atoms with Crippen molar-refractivity contribution >= 4 is 5.97 Å². The van der Waals surface area contributed by atoms with Gasteiger partial charge < -0.3 is 4.74 Å². The fraction of sp³-hybridized carbons (Fsp3) is 0.500. The Balaban J connectivity index is 3.07. The van der Waals surface area contributed by atoms with Crippen LogP contribution in [0.25, 0.3) is 0 Å². The number of esters is 1. The molecule has 0 heterocycles. The van der Waals surface area contributed by atoms with Crippen molar-refractivity contribution in [3.8, 4) is 0 Å². The summed E-state index contributed by atoms with van der Waals surface area (Å²) in [6.07, 6.45) is 1.32. The highest BCUT2D eigenvalue weighted by molar-refractivity contribution is 5.81. The van der Waals surface area contributed by atoms with Crippen LogP contribution in [0, 0.1) is 0 Å². The van der Waals surface area contributed by atoms with Crippen LogP contribution < -0.4 is 0 Å². The zero-order chi connectivity index (χ0) is 7.11. The van der Waals surface area contributed by atoms with Crippen LogP contribution in [0.4, 0.5) is 4.39 Å². The molecule has 0 rings (SSSR count). The fourth-order valence-electron chi connectivity index (χ4n) is 0.286. The molecule has 9 heavy (non-hydrogen) atoms. The van der Waals surface area contributed by atoms with Gasteiger partial charge in [-0.15, -0.1) is 0 Å². The second-order valence-corrected chi connectivity index (χ2v) is 1.41. The van der Waals surface area contributed by atoms with Gasteiger partial charge in [-0.3, -0.25) is 4.39 Å². The van der Waals surface area contributed by atoms with Crippen molar-refractivity contribution in [1.82, 2.24) is 0 Å². The molecule has 0 bridgehead atoms. The number of alkyl halides is 1. The van der Waals surface area contributed by atoms with Crippen LogP contribution in [-0.4, -0.2) is 19.3 Å². The molecular formula is C6H9FO2. The number of hydrogen-bond donors (Lipinski definition) is 0. The van der Waals surface area contributed by atoms with Crippen molar-refractivity contribution in [2.45, 2.75) is 6.42 Å². The summed E-state index contributed by atoms with van der Waals surface area (Å²) in [5.74, 6) is -0.497. The summed E-state index contributed by atoms with van der Waals surface area (Å²) in [5.41, 5.74) is 0. The topological polar surface area (TPSA) is 26.3 Å². The molecule has 0 aliphatic heterocycles. The molecule has 0 radical (unpaired) electrons. The first-order valence-electron chi connectivity index (χ1n) is 2.66. The van der Waals surface area contributed by atoms with Gasteiger partial charge in [-0.05, 0) is 0 Å². The van der Waals surface area contributed by atoms with Crippen LogP contribution in [0.3, 0.4) is 0 Å². The molecule has 2 nitrogen and oxygen atoms in total. The molecule has 52 valence electrons. The third kappa shape index (κ3) is 5.00. The summed E-state index contributed by atoms with van der Waals surface area (Å²) >= 11 is 0. The van der Waals surface area contributed by atoms with Crippen LogP contribution in [0.1, 0.15) is 6.42 Å². The molecule has 0 saturated heterocycles. The number of hydrogen-bond acceptors (Lipinski definition) is 2. The van der Waals surface area contributed by atoms with E-state index in [1.165, 1.54) is 0 Å². The predicted molar refractivity (Wildman–Crippen MR) is 31.7 cm³/mol. The molecule has 0 unspecified atom stereocenters. The van der Waals surface area contributed by atoms with E-state index in [4.69, 9.17) is 0 Å². The zero-order valence-corrected chi connectivity index (χ0v) is 5.10. The Kier molecular flexibility index (Phi) is 4.78. The smallest absolute Gasteiger partial charge is 0.330 e. The van der Waals surface area contributed by atoms with E-state index in [-0.39, 0.29) is 13.0 Å². The lowest BCUT2D eigenvalue weighted by molar-refractivity contribution is -0.137. The van der Waals surface area contributed by atoms with E-state index in [1.807, 2.05) is 0 Å². The average molecular weight is 132 g/mol. The van der Waals surface area contributed by atoms with Crippen LogP contribution >= 0.6 is 0 Å². The Bertz CT molecular complexity index is 101. The van der Waals surface area contributed by atoms with Gasteiger partial charge in [-0.2, -0.15) is 0 Å². The molecule has 0 aromatic heterocycles. The maximum Gasteiger partial charge on any atom is 0.330 e. The molecule has 0 atom stereocenters. The molecule has 0 spiro atoms. The third-order valence-corrected chi connectivity index (χ3v) is 0.689. The van der Waals surface area contributed by atoms with E-state index in [0.29, 0.717) is 0 Å². The second kappa shape index (κ2) is 5.28. The highest BCUT2D eigenvalue weighted by Crippen LogP contribution is 1.84. The summed E-state index contributed by atoms with van der Waals surface area (Å²) in [6.45, 7) is 2.86. The van der Waals surface area contributed by atoms with Gasteiger partial charge in [0, 0.05) is 12.5 Å². The highest BCUT2D eigenvalue weighted by Gasteiger charge is 1.92. The molecule has 0 aliphatic carbocycles. The lowest BCUT2D eigenvalue weighted by Gasteiger charge is -1.96. The summed E-state index contributed by atoms with van der Waals surface area (Å²) in [6, 6.07) is 0. The monoisotopic (exact) mass is 132 g/mol. The lowest BCUT2D eigenvalue weighted by Crippen LogP contribution is -2.01. The Hall–Kier alpha value is -0.860. The van der Waals surface area contributed by atoms with Gasteiger partial charge in [0.05, 0.1) is 13.3 Å². The number of ether oxygens (including phenoxy) is 1. The Morgan fingerprint density at radius 1 is 1.78 bits per heavy atom. The van der Waals surface area contributed by atoms with Crippen LogP contribution in [-0.2, 0) is 9.53 Å². The molecule has 0 aromatic rings. The third-order valence-electron chi connectivity index (χ3n) is 0.689. The van der Waals surface area contributed by atoms with Gasteiger partial charge in [0.2, 0.25) is 0 Å². The molecule has 0 amide bonds. The first-order valence-corrected chi connectivity index (χ1v) is 2.66. The largest absolute Gasteiger partial charge is 0.462 e. The van der Waals surface area contributed by atoms with E-state index in [0.717, 1.165) is 6.08 Å². The quantitative estimate of drug-likeness (QED) is 0.325. The molecule has 0 fully saturated rings. The number of halogens is 1. The normalized spacial score (nSPS) is 8.56. The maximum absolute atomic E-state index is 11.3. The average Bonchev–Trinajstić information content (AvgIpc) is 1.89. The van der Waals surface area contributed by atoms with Crippen LogP contribution in [0.15, 0.2) is 12.7 Å². The van der Waals surface area contributed by atoms with Gasteiger partial charge in [0.25, 0.3) is 0 Å². The zero-order valence-electron chi connectivity index (χ0n) is 5.10. The van der Waals surface area contributed by atoms with Gasteiger partial charge in [0.15, 0.2) is 0 Å². The fourth-order valence-corrected chi connectivity index (χ4v) is 0.286. The van der Waals surface area contributed by atoms with Gasteiger partial charge in [0.1, 0.15) is 0 Å². The Morgan fingerprint density at radius 2 is 2.44 bits per heavy atom.